The minimum Gasteiger partial charge on any atom is -0.464 e. The molecule has 0 saturated heterocycles. The van der Waals surface area contributed by atoms with Gasteiger partial charge in [-0.2, -0.15) is 5.10 Å². The highest BCUT2D eigenvalue weighted by atomic mass is 32.1. The molecule has 0 bridgehead atoms. The van der Waals surface area contributed by atoms with Gasteiger partial charge in [-0.15, -0.1) is 11.3 Å². The van der Waals surface area contributed by atoms with Gasteiger partial charge in [0.05, 0.1) is 18.6 Å². The highest BCUT2D eigenvalue weighted by molar-refractivity contribution is 7.15. The normalized spacial score (nSPS) is 10.8. The van der Waals surface area contributed by atoms with Crippen LogP contribution in [-0.2, 0) is 14.3 Å². The first-order valence-corrected chi connectivity index (χ1v) is 10.5. The van der Waals surface area contributed by atoms with Crippen molar-refractivity contribution in [1.82, 2.24) is 14.6 Å². The van der Waals surface area contributed by atoms with Gasteiger partial charge in [0.1, 0.15) is 21.9 Å². The van der Waals surface area contributed by atoms with Gasteiger partial charge in [0.2, 0.25) is 0 Å². The summed E-state index contributed by atoms with van der Waals surface area (Å²) in [5.41, 5.74) is 1.62. The van der Waals surface area contributed by atoms with E-state index in [1.54, 1.807) is 43.6 Å². The van der Waals surface area contributed by atoms with E-state index in [1.807, 2.05) is 0 Å². The number of aromatic nitrogens is 3. The zero-order valence-electron chi connectivity index (χ0n) is 17.2. The van der Waals surface area contributed by atoms with Crippen molar-refractivity contribution in [3.8, 4) is 11.3 Å². The lowest BCUT2D eigenvalue weighted by atomic mass is 10.1. The van der Waals surface area contributed by atoms with Crippen LogP contribution in [-0.4, -0.2) is 45.7 Å². The summed E-state index contributed by atoms with van der Waals surface area (Å²) in [4.78, 5) is 41.6. The largest absolute Gasteiger partial charge is 0.464 e. The SMILES string of the molecule is CCOC(=O)c1c(-c2ccco2)csc1NC(=O)COC(=O)c1c(C)nn2cccnc12. The van der Waals surface area contributed by atoms with Crippen molar-refractivity contribution in [2.75, 3.05) is 18.5 Å². The Balaban J connectivity index is 1.49. The van der Waals surface area contributed by atoms with Crippen LogP contribution in [0.1, 0.15) is 33.3 Å². The first-order valence-electron chi connectivity index (χ1n) is 9.59. The van der Waals surface area contributed by atoms with Crippen LogP contribution in [0, 0.1) is 6.92 Å². The van der Waals surface area contributed by atoms with Gasteiger partial charge in [0.25, 0.3) is 5.91 Å². The fourth-order valence-electron chi connectivity index (χ4n) is 3.07. The molecular weight excluding hydrogens is 436 g/mol. The van der Waals surface area contributed by atoms with Crippen LogP contribution in [0.15, 0.2) is 46.7 Å². The van der Waals surface area contributed by atoms with Crippen molar-refractivity contribution in [3.05, 3.63) is 59.1 Å². The molecule has 4 aromatic heterocycles. The van der Waals surface area contributed by atoms with Crippen LogP contribution in [0.5, 0.6) is 0 Å². The Hall–Kier alpha value is -3.99. The van der Waals surface area contributed by atoms with E-state index in [0.717, 1.165) is 11.3 Å². The first-order chi connectivity index (χ1) is 15.5. The maximum absolute atomic E-state index is 12.5. The van der Waals surface area contributed by atoms with Crippen LogP contribution >= 0.6 is 11.3 Å². The van der Waals surface area contributed by atoms with E-state index >= 15 is 0 Å². The molecular formula is C21H18N4O6S. The number of aryl methyl sites for hydroxylation is 1. The van der Waals surface area contributed by atoms with Gasteiger partial charge in [0.15, 0.2) is 12.3 Å². The molecule has 164 valence electrons. The number of anilines is 1. The predicted octanol–water partition coefficient (Wildman–Crippen LogP) is 3.33. The van der Waals surface area contributed by atoms with Crippen molar-refractivity contribution in [2.45, 2.75) is 13.8 Å². The van der Waals surface area contributed by atoms with E-state index in [0.29, 0.717) is 22.7 Å². The Morgan fingerprint density at radius 2 is 2.00 bits per heavy atom. The fourth-order valence-corrected chi connectivity index (χ4v) is 4.02. The minimum atomic E-state index is -0.723. The van der Waals surface area contributed by atoms with Gasteiger partial charge >= 0.3 is 11.9 Å². The van der Waals surface area contributed by atoms with Crippen molar-refractivity contribution >= 4 is 39.8 Å². The van der Waals surface area contributed by atoms with Gasteiger partial charge in [-0.25, -0.2) is 19.1 Å². The fraction of sp³-hybridized carbons (Fsp3) is 0.190. The molecule has 4 rings (SSSR count). The van der Waals surface area contributed by atoms with E-state index in [4.69, 9.17) is 13.9 Å². The summed E-state index contributed by atoms with van der Waals surface area (Å²) < 4.78 is 17.1. The Morgan fingerprint density at radius 1 is 1.19 bits per heavy atom. The molecule has 11 heteroatoms. The smallest absolute Gasteiger partial charge is 0.344 e. The molecule has 0 saturated carbocycles. The van der Waals surface area contributed by atoms with Gasteiger partial charge in [-0.05, 0) is 32.0 Å². The Morgan fingerprint density at radius 3 is 2.75 bits per heavy atom. The molecule has 4 heterocycles. The highest BCUT2D eigenvalue weighted by Crippen LogP contribution is 2.36. The van der Waals surface area contributed by atoms with Crippen LogP contribution in [0.2, 0.25) is 0 Å². The van der Waals surface area contributed by atoms with E-state index in [9.17, 15) is 14.4 Å². The number of ether oxygens (including phenoxy) is 2. The highest BCUT2D eigenvalue weighted by Gasteiger charge is 2.25. The van der Waals surface area contributed by atoms with E-state index < -0.39 is 24.5 Å². The lowest BCUT2D eigenvalue weighted by Gasteiger charge is -2.08. The number of carbonyl (C=O) groups is 3. The lowest BCUT2D eigenvalue weighted by Crippen LogP contribution is -2.22. The number of hydrogen-bond donors (Lipinski definition) is 1. The number of rotatable bonds is 7. The molecule has 1 N–H and O–H groups in total. The molecule has 4 aromatic rings. The molecule has 0 radical (unpaired) electrons. The second-order valence-corrected chi connectivity index (χ2v) is 7.40. The maximum Gasteiger partial charge on any atom is 0.344 e. The number of esters is 2. The number of nitrogens with one attached hydrogen (secondary N) is 1. The summed E-state index contributed by atoms with van der Waals surface area (Å²) in [5, 5.41) is 8.76. The van der Waals surface area contributed by atoms with Crippen molar-refractivity contribution in [3.63, 3.8) is 0 Å². The molecule has 0 aliphatic heterocycles. The first kappa shape index (κ1) is 21.2. The monoisotopic (exact) mass is 454 g/mol. The summed E-state index contributed by atoms with van der Waals surface area (Å²) in [6, 6.07) is 5.07. The van der Waals surface area contributed by atoms with Gasteiger partial charge < -0.3 is 19.2 Å². The molecule has 0 aliphatic rings. The number of furan rings is 1. The number of carbonyl (C=O) groups excluding carboxylic acids is 3. The van der Waals surface area contributed by atoms with Crippen molar-refractivity contribution in [2.24, 2.45) is 0 Å². The predicted molar refractivity (Wildman–Crippen MR) is 115 cm³/mol. The van der Waals surface area contributed by atoms with E-state index in [2.05, 4.69) is 15.4 Å². The van der Waals surface area contributed by atoms with Gasteiger partial charge in [-0.1, -0.05) is 0 Å². The Bertz CT molecular complexity index is 1290. The number of amides is 1. The molecule has 1 amide bonds. The Kier molecular flexibility index (Phi) is 5.99. The van der Waals surface area contributed by atoms with Crippen LogP contribution in [0.4, 0.5) is 5.00 Å². The number of thiophene rings is 1. The van der Waals surface area contributed by atoms with Crippen molar-refractivity contribution in [1.29, 1.82) is 0 Å². The molecule has 0 fully saturated rings. The van der Waals surface area contributed by atoms with Crippen LogP contribution in [0.3, 0.4) is 0 Å². The third-order valence-corrected chi connectivity index (χ3v) is 5.31. The average Bonchev–Trinajstić information content (AvgIpc) is 3.50. The molecule has 0 atom stereocenters. The molecule has 10 nitrogen and oxygen atoms in total. The second kappa shape index (κ2) is 9.02. The zero-order valence-corrected chi connectivity index (χ0v) is 18.0. The molecule has 32 heavy (non-hydrogen) atoms. The van der Waals surface area contributed by atoms with Crippen LogP contribution < -0.4 is 5.32 Å². The second-order valence-electron chi connectivity index (χ2n) is 6.52. The molecule has 0 spiro atoms. The zero-order chi connectivity index (χ0) is 22.7. The summed E-state index contributed by atoms with van der Waals surface area (Å²) in [6.45, 7) is 2.95. The summed E-state index contributed by atoms with van der Waals surface area (Å²) in [5.74, 6) is -1.47. The molecule has 0 aliphatic carbocycles. The summed E-state index contributed by atoms with van der Waals surface area (Å²) in [7, 11) is 0. The number of hydrogen-bond acceptors (Lipinski definition) is 9. The maximum atomic E-state index is 12.5. The quantitative estimate of drug-likeness (QED) is 0.422. The van der Waals surface area contributed by atoms with Gasteiger partial charge in [0, 0.05) is 23.3 Å². The third-order valence-electron chi connectivity index (χ3n) is 4.42. The summed E-state index contributed by atoms with van der Waals surface area (Å²) in [6.07, 6.45) is 4.67. The molecule has 0 unspecified atom stereocenters. The Labute approximate surface area is 185 Å². The summed E-state index contributed by atoms with van der Waals surface area (Å²) >= 11 is 1.14. The third kappa shape index (κ3) is 4.10. The topological polar surface area (TPSA) is 125 Å². The molecule has 0 aromatic carbocycles. The lowest BCUT2D eigenvalue weighted by molar-refractivity contribution is -0.119. The average molecular weight is 454 g/mol. The van der Waals surface area contributed by atoms with E-state index in [1.165, 1.54) is 17.0 Å². The minimum absolute atomic E-state index is 0.171. The number of fused-ring (bicyclic) bond motifs is 1. The van der Waals surface area contributed by atoms with Crippen molar-refractivity contribution < 1.29 is 28.3 Å². The van der Waals surface area contributed by atoms with E-state index in [-0.39, 0.29) is 22.7 Å². The van der Waals surface area contributed by atoms with Gasteiger partial charge in [-0.3, -0.25) is 4.79 Å². The number of nitrogens with zero attached hydrogens (tertiary/aromatic N) is 3. The van der Waals surface area contributed by atoms with Crippen LogP contribution in [0.25, 0.3) is 17.0 Å². The standard InChI is InChI=1S/C21H18N4O6S/c1-3-29-21(28)17-13(14-6-4-9-30-14)11-32-19(17)23-15(26)10-31-20(27)16-12(2)24-25-8-5-7-22-18(16)25/h4-9,11H,3,10H2,1-2H3,(H,23,26).